The van der Waals surface area contributed by atoms with Crippen LogP contribution in [-0.2, 0) is 0 Å². The van der Waals surface area contributed by atoms with Gasteiger partial charge >= 0.3 is 0 Å². The molecule has 3 heteroatoms. The van der Waals surface area contributed by atoms with Crippen LogP contribution in [0.4, 0.5) is 0 Å². The Morgan fingerprint density at radius 1 is 1.15 bits per heavy atom. The lowest BCUT2D eigenvalue weighted by atomic mass is 10.0. The van der Waals surface area contributed by atoms with Gasteiger partial charge in [-0.1, -0.05) is 49.7 Å². The molecule has 2 aromatic rings. The molecular formula is C17H18INO. The zero-order valence-corrected chi connectivity index (χ0v) is 13.6. The van der Waals surface area contributed by atoms with E-state index in [0.717, 1.165) is 22.0 Å². The Morgan fingerprint density at radius 3 is 2.55 bits per heavy atom. The number of carbonyl (C=O) groups is 1. The smallest absolute Gasteiger partial charge is 0.251 e. The van der Waals surface area contributed by atoms with Crippen molar-refractivity contribution in [2.24, 2.45) is 0 Å². The summed E-state index contributed by atoms with van der Waals surface area (Å²) >= 11 is 2.22. The third-order valence-electron chi connectivity index (χ3n) is 3.17. The molecule has 2 aromatic carbocycles. The minimum Gasteiger partial charge on any atom is -0.345 e. The van der Waals surface area contributed by atoms with Crippen LogP contribution in [0.2, 0.25) is 0 Å². The second kappa shape index (κ2) is 7.43. The second-order valence-electron chi connectivity index (χ2n) is 4.74. The van der Waals surface area contributed by atoms with Crippen LogP contribution in [0.1, 0.15) is 41.7 Å². The van der Waals surface area contributed by atoms with Crippen molar-refractivity contribution in [1.82, 2.24) is 5.32 Å². The maximum atomic E-state index is 12.3. The van der Waals surface area contributed by atoms with E-state index in [1.165, 1.54) is 0 Å². The molecule has 1 amide bonds. The van der Waals surface area contributed by atoms with Crippen LogP contribution < -0.4 is 5.32 Å². The van der Waals surface area contributed by atoms with E-state index in [2.05, 4.69) is 47.0 Å². The predicted molar refractivity (Wildman–Crippen MR) is 90.7 cm³/mol. The summed E-state index contributed by atoms with van der Waals surface area (Å²) in [5, 5.41) is 3.14. The van der Waals surface area contributed by atoms with Crippen LogP contribution in [0, 0.1) is 3.57 Å². The lowest BCUT2D eigenvalue weighted by Gasteiger charge is -2.18. The number of hydrogen-bond acceptors (Lipinski definition) is 1. The van der Waals surface area contributed by atoms with Gasteiger partial charge in [-0.05, 0) is 52.8 Å². The molecule has 1 N–H and O–H groups in total. The summed E-state index contributed by atoms with van der Waals surface area (Å²) in [5.41, 5.74) is 1.88. The molecule has 2 rings (SSSR count). The molecule has 0 heterocycles. The van der Waals surface area contributed by atoms with E-state index in [1.807, 2.05) is 42.5 Å². The van der Waals surface area contributed by atoms with E-state index in [0.29, 0.717) is 5.56 Å². The number of nitrogens with one attached hydrogen (secondary N) is 1. The molecule has 0 aliphatic rings. The quantitative estimate of drug-likeness (QED) is 0.759. The molecule has 1 atom stereocenters. The highest BCUT2D eigenvalue weighted by Gasteiger charge is 2.14. The molecule has 104 valence electrons. The van der Waals surface area contributed by atoms with Gasteiger partial charge in [0.25, 0.3) is 5.91 Å². The fourth-order valence-corrected chi connectivity index (χ4v) is 2.71. The van der Waals surface area contributed by atoms with Crippen LogP contribution in [-0.4, -0.2) is 5.91 Å². The van der Waals surface area contributed by atoms with Gasteiger partial charge in [0.15, 0.2) is 0 Å². The summed E-state index contributed by atoms with van der Waals surface area (Å²) in [6.45, 7) is 2.13. The highest BCUT2D eigenvalue weighted by molar-refractivity contribution is 14.1. The van der Waals surface area contributed by atoms with E-state index >= 15 is 0 Å². The van der Waals surface area contributed by atoms with E-state index in [9.17, 15) is 4.79 Å². The summed E-state index contributed by atoms with van der Waals surface area (Å²) in [7, 11) is 0. The van der Waals surface area contributed by atoms with Crippen molar-refractivity contribution in [2.45, 2.75) is 25.8 Å². The normalized spacial score (nSPS) is 11.9. The summed E-state index contributed by atoms with van der Waals surface area (Å²) in [6.07, 6.45) is 1.98. The van der Waals surface area contributed by atoms with E-state index in [-0.39, 0.29) is 11.9 Å². The number of amides is 1. The van der Waals surface area contributed by atoms with Gasteiger partial charge in [0, 0.05) is 9.13 Å². The standard InChI is InChI=1S/C17H18INO/c1-2-7-16(13-8-4-3-5-9-13)19-17(20)14-10-6-11-15(18)12-14/h3-6,8-12,16H,2,7H2,1H3,(H,19,20). The average molecular weight is 379 g/mol. The number of rotatable bonds is 5. The zero-order chi connectivity index (χ0) is 14.4. The Kier molecular flexibility index (Phi) is 5.59. The SMILES string of the molecule is CCCC(NC(=O)c1cccc(I)c1)c1ccccc1. The van der Waals surface area contributed by atoms with Gasteiger partial charge in [-0.15, -0.1) is 0 Å². The van der Waals surface area contributed by atoms with Gasteiger partial charge in [0.2, 0.25) is 0 Å². The molecule has 20 heavy (non-hydrogen) atoms. The molecule has 0 saturated heterocycles. The van der Waals surface area contributed by atoms with Crippen molar-refractivity contribution in [3.05, 3.63) is 69.3 Å². The van der Waals surface area contributed by atoms with Crippen molar-refractivity contribution in [3.63, 3.8) is 0 Å². The van der Waals surface area contributed by atoms with Crippen LogP contribution in [0.5, 0.6) is 0 Å². The van der Waals surface area contributed by atoms with Crippen LogP contribution >= 0.6 is 22.6 Å². The number of carbonyl (C=O) groups excluding carboxylic acids is 1. The first-order valence-electron chi connectivity index (χ1n) is 6.82. The van der Waals surface area contributed by atoms with Gasteiger partial charge in [-0.3, -0.25) is 4.79 Å². The van der Waals surface area contributed by atoms with Crippen LogP contribution in [0.25, 0.3) is 0 Å². The first-order valence-corrected chi connectivity index (χ1v) is 7.90. The minimum absolute atomic E-state index is 0.00850. The first-order chi connectivity index (χ1) is 9.70. The summed E-state index contributed by atoms with van der Waals surface area (Å²) in [6, 6.07) is 17.9. The molecule has 0 bridgehead atoms. The van der Waals surface area contributed by atoms with Crippen LogP contribution in [0.15, 0.2) is 54.6 Å². The topological polar surface area (TPSA) is 29.1 Å². The fourth-order valence-electron chi connectivity index (χ4n) is 2.17. The summed E-state index contributed by atoms with van der Waals surface area (Å²) in [4.78, 5) is 12.3. The Labute approximate surface area is 133 Å². The molecule has 0 aromatic heterocycles. The van der Waals surface area contributed by atoms with Gasteiger partial charge in [-0.2, -0.15) is 0 Å². The third kappa shape index (κ3) is 4.07. The molecular weight excluding hydrogens is 361 g/mol. The monoisotopic (exact) mass is 379 g/mol. The molecule has 0 saturated carbocycles. The number of benzene rings is 2. The van der Waals surface area contributed by atoms with Crippen molar-refractivity contribution in [1.29, 1.82) is 0 Å². The Bertz CT molecular complexity index is 568. The van der Waals surface area contributed by atoms with E-state index in [1.54, 1.807) is 0 Å². The summed E-state index contributed by atoms with van der Waals surface area (Å²) in [5.74, 6) is -0.00850. The third-order valence-corrected chi connectivity index (χ3v) is 3.84. The molecule has 0 spiro atoms. The van der Waals surface area contributed by atoms with Gasteiger partial charge < -0.3 is 5.32 Å². The molecule has 0 aliphatic heterocycles. The maximum absolute atomic E-state index is 12.3. The van der Waals surface area contributed by atoms with Crippen molar-refractivity contribution in [3.8, 4) is 0 Å². The average Bonchev–Trinajstić information content (AvgIpc) is 2.47. The molecule has 0 radical (unpaired) electrons. The fraction of sp³-hybridized carbons (Fsp3) is 0.235. The lowest BCUT2D eigenvalue weighted by Crippen LogP contribution is -2.28. The number of hydrogen-bond donors (Lipinski definition) is 1. The first kappa shape index (κ1) is 15.0. The molecule has 1 unspecified atom stereocenters. The minimum atomic E-state index is -0.00850. The van der Waals surface area contributed by atoms with E-state index in [4.69, 9.17) is 0 Å². The predicted octanol–water partition coefficient (Wildman–Crippen LogP) is 4.56. The molecule has 0 fully saturated rings. The zero-order valence-electron chi connectivity index (χ0n) is 11.5. The Morgan fingerprint density at radius 2 is 1.90 bits per heavy atom. The van der Waals surface area contributed by atoms with Gasteiger partial charge in [0.1, 0.15) is 0 Å². The Balaban J connectivity index is 2.14. The maximum Gasteiger partial charge on any atom is 0.251 e. The largest absolute Gasteiger partial charge is 0.345 e. The van der Waals surface area contributed by atoms with Crippen molar-refractivity contribution in [2.75, 3.05) is 0 Å². The van der Waals surface area contributed by atoms with Crippen molar-refractivity contribution >= 4 is 28.5 Å². The highest BCUT2D eigenvalue weighted by Crippen LogP contribution is 2.19. The Hall–Kier alpha value is -1.36. The molecule has 0 aliphatic carbocycles. The van der Waals surface area contributed by atoms with Gasteiger partial charge in [0.05, 0.1) is 6.04 Å². The molecule has 2 nitrogen and oxygen atoms in total. The van der Waals surface area contributed by atoms with Crippen LogP contribution in [0.3, 0.4) is 0 Å². The highest BCUT2D eigenvalue weighted by atomic mass is 127. The second-order valence-corrected chi connectivity index (χ2v) is 5.98. The van der Waals surface area contributed by atoms with E-state index < -0.39 is 0 Å². The summed E-state index contributed by atoms with van der Waals surface area (Å²) < 4.78 is 1.07. The van der Waals surface area contributed by atoms with Crippen molar-refractivity contribution < 1.29 is 4.79 Å². The van der Waals surface area contributed by atoms with Gasteiger partial charge in [-0.25, -0.2) is 0 Å². The number of halogens is 1. The lowest BCUT2D eigenvalue weighted by molar-refractivity contribution is 0.0934.